The average molecular weight is 298 g/mol. The van der Waals surface area contributed by atoms with Gasteiger partial charge < -0.3 is 10.2 Å². The van der Waals surface area contributed by atoms with Gasteiger partial charge in [-0.25, -0.2) is 4.98 Å². The minimum atomic E-state index is 0.0940. The number of nitrogens with one attached hydrogen (secondary N) is 1. The first-order valence-electron chi connectivity index (χ1n) is 7.58. The molecule has 116 valence electrons. The maximum Gasteiger partial charge on any atom is 0.186 e. The van der Waals surface area contributed by atoms with Gasteiger partial charge in [0.2, 0.25) is 0 Å². The zero-order valence-corrected chi connectivity index (χ0v) is 15.2. The molecule has 0 fully saturated rings. The molecule has 1 N–H and O–H groups in total. The van der Waals surface area contributed by atoms with Gasteiger partial charge in [0.25, 0.3) is 0 Å². The molecule has 0 saturated heterocycles. The first-order valence-corrected chi connectivity index (χ1v) is 8.39. The Hall–Kier alpha value is -0.610. The van der Waals surface area contributed by atoms with Gasteiger partial charge in [0, 0.05) is 29.4 Å². The van der Waals surface area contributed by atoms with E-state index in [-0.39, 0.29) is 11.0 Å². The molecular weight excluding hydrogens is 266 g/mol. The highest BCUT2D eigenvalue weighted by molar-refractivity contribution is 7.15. The lowest BCUT2D eigenvalue weighted by Gasteiger charge is -2.34. The van der Waals surface area contributed by atoms with E-state index in [0.29, 0.717) is 0 Å². The number of rotatable bonds is 6. The summed E-state index contributed by atoms with van der Waals surface area (Å²) in [7, 11) is 2.16. The molecule has 0 aliphatic heterocycles. The standard InChI is InChI=1S/C16H31N3S/c1-9-16(6,7)19(8)14-18-13(15(3,4)5)12(20-14)11-17-10-2/h17H,9-11H2,1-8H3. The first-order chi connectivity index (χ1) is 9.13. The monoisotopic (exact) mass is 297 g/mol. The number of anilines is 1. The summed E-state index contributed by atoms with van der Waals surface area (Å²) in [6.07, 6.45) is 1.11. The van der Waals surface area contributed by atoms with Crippen LogP contribution in [0, 0.1) is 0 Å². The summed E-state index contributed by atoms with van der Waals surface area (Å²) in [6, 6.07) is 0. The molecule has 4 heteroatoms. The van der Waals surface area contributed by atoms with E-state index in [2.05, 4.69) is 65.7 Å². The van der Waals surface area contributed by atoms with Crippen molar-refractivity contribution in [2.24, 2.45) is 0 Å². The number of thiazole rings is 1. The molecule has 0 unspecified atom stereocenters. The van der Waals surface area contributed by atoms with Crippen molar-refractivity contribution in [1.29, 1.82) is 0 Å². The van der Waals surface area contributed by atoms with E-state index >= 15 is 0 Å². The zero-order valence-electron chi connectivity index (χ0n) is 14.4. The minimum absolute atomic E-state index is 0.0940. The third-order valence-corrected chi connectivity index (χ3v) is 5.12. The summed E-state index contributed by atoms with van der Waals surface area (Å²) in [5.41, 5.74) is 1.47. The van der Waals surface area contributed by atoms with Crippen LogP contribution in [0.15, 0.2) is 0 Å². The fourth-order valence-electron chi connectivity index (χ4n) is 1.92. The lowest BCUT2D eigenvalue weighted by molar-refractivity contribution is 0.468. The third kappa shape index (κ3) is 3.95. The molecular formula is C16H31N3S. The van der Waals surface area contributed by atoms with Gasteiger partial charge in [0.15, 0.2) is 5.13 Å². The highest BCUT2D eigenvalue weighted by atomic mass is 32.1. The van der Waals surface area contributed by atoms with Crippen LogP contribution in [0.2, 0.25) is 0 Å². The minimum Gasteiger partial charge on any atom is -0.346 e. The second-order valence-corrected chi connectivity index (χ2v) is 8.09. The quantitative estimate of drug-likeness (QED) is 0.854. The Morgan fingerprint density at radius 3 is 2.20 bits per heavy atom. The van der Waals surface area contributed by atoms with Crippen molar-refractivity contribution in [1.82, 2.24) is 10.3 Å². The van der Waals surface area contributed by atoms with Crippen molar-refractivity contribution in [2.45, 2.75) is 72.4 Å². The topological polar surface area (TPSA) is 28.2 Å². The molecule has 20 heavy (non-hydrogen) atoms. The van der Waals surface area contributed by atoms with E-state index in [1.54, 1.807) is 0 Å². The van der Waals surface area contributed by atoms with Crippen LogP contribution in [0.1, 0.15) is 65.5 Å². The lowest BCUT2D eigenvalue weighted by atomic mass is 9.91. The normalized spacial score (nSPS) is 12.8. The summed E-state index contributed by atoms with van der Waals surface area (Å²) in [6.45, 7) is 17.6. The third-order valence-electron chi connectivity index (χ3n) is 3.99. The molecule has 1 heterocycles. The van der Waals surface area contributed by atoms with Crippen molar-refractivity contribution in [3.63, 3.8) is 0 Å². The van der Waals surface area contributed by atoms with Crippen LogP contribution in [0.5, 0.6) is 0 Å². The maximum absolute atomic E-state index is 4.95. The average Bonchev–Trinajstić information content (AvgIpc) is 2.79. The summed E-state index contributed by atoms with van der Waals surface area (Å²) < 4.78 is 0. The molecule has 0 bridgehead atoms. The number of hydrogen-bond donors (Lipinski definition) is 1. The van der Waals surface area contributed by atoms with Crippen LogP contribution in [0.3, 0.4) is 0 Å². The van der Waals surface area contributed by atoms with E-state index < -0.39 is 0 Å². The van der Waals surface area contributed by atoms with E-state index in [0.717, 1.165) is 24.6 Å². The Balaban J connectivity index is 3.14. The maximum atomic E-state index is 4.95. The largest absolute Gasteiger partial charge is 0.346 e. The fourth-order valence-corrected chi connectivity index (χ4v) is 3.29. The zero-order chi connectivity index (χ0) is 15.6. The molecule has 0 spiro atoms. The molecule has 1 aromatic heterocycles. The fraction of sp³-hybridized carbons (Fsp3) is 0.812. The summed E-state index contributed by atoms with van der Waals surface area (Å²) >= 11 is 1.83. The van der Waals surface area contributed by atoms with E-state index in [4.69, 9.17) is 4.98 Å². The summed E-state index contributed by atoms with van der Waals surface area (Å²) in [4.78, 5) is 8.64. The Labute approximate surface area is 128 Å². The molecule has 0 aromatic carbocycles. The second kappa shape index (κ2) is 6.44. The molecule has 0 radical (unpaired) electrons. The Morgan fingerprint density at radius 1 is 1.15 bits per heavy atom. The SMILES string of the molecule is CCNCc1sc(N(C)C(C)(C)CC)nc1C(C)(C)C. The second-order valence-electron chi connectivity index (χ2n) is 7.02. The summed E-state index contributed by atoms with van der Waals surface area (Å²) in [5, 5.41) is 4.57. The van der Waals surface area contributed by atoms with E-state index in [1.807, 2.05) is 11.3 Å². The molecule has 0 amide bonds. The van der Waals surface area contributed by atoms with Crippen molar-refractivity contribution in [3.05, 3.63) is 10.6 Å². The van der Waals surface area contributed by atoms with Gasteiger partial charge in [-0.05, 0) is 26.8 Å². The van der Waals surface area contributed by atoms with Crippen molar-refractivity contribution in [3.8, 4) is 0 Å². The molecule has 3 nitrogen and oxygen atoms in total. The van der Waals surface area contributed by atoms with Gasteiger partial charge in [-0.2, -0.15) is 0 Å². The highest BCUT2D eigenvalue weighted by Gasteiger charge is 2.28. The van der Waals surface area contributed by atoms with Crippen molar-refractivity contribution < 1.29 is 0 Å². The Bertz CT molecular complexity index is 429. The van der Waals surface area contributed by atoms with Gasteiger partial charge >= 0.3 is 0 Å². The lowest BCUT2D eigenvalue weighted by Crippen LogP contribution is -2.40. The van der Waals surface area contributed by atoms with Crippen LogP contribution in [-0.4, -0.2) is 24.1 Å². The smallest absolute Gasteiger partial charge is 0.186 e. The number of hydrogen-bond acceptors (Lipinski definition) is 4. The molecule has 0 aliphatic carbocycles. The molecule has 1 aromatic rings. The molecule has 1 rings (SSSR count). The van der Waals surface area contributed by atoms with Gasteiger partial charge in [-0.1, -0.05) is 34.6 Å². The Morgan fingerprint density at radius 2 is 1.75 bits per heavy atom. The van der Waals surface area contributed by atoms with Crippen LogP contribution >= 0.6 is 11.3 Å². The van der Waals surface area contributed by atoms with E-state index in [1.165, 1.54) is 10.6 Å². The van der Waals surface area contributed by atoms with Crippen LogP contribution in [-0.2, 0) is 12.0 Å². The van der Waals surface area contributed by atoms with Crippen molar-refractivity contribution in [2.75, 3.05) is 18.5 Å². The van der Waals surface area contributed by atoms with Gasteiger partial charge in [0.05, 0.1) is 5.69 Å². The molecule has 0 saturated carbocycles. The predicted molar refractivity (Wildman–Crippen MR) is 91.0 cm³/mol. The van der Waals surface area contributed by atoms with E-state index in [9.17, 15) is 0 Å². The van der Waals surface area contributed by atoms with Crippen molar-refractivity contribution >= 4 is 16.5 Å². The predicted octanol–water partition coefficient (Wildman–Crippen LogP) is 4.17. The highest BCUT2D eigenvalue weighted by Crippen LogP contribution is 2.36. The summed E-state index contributed by atoms with van der Waals surface area (Å²) in [5.74, 6) is 0. The van der Waals surface area contributed by atoms with Gasteiger partial charge in [-0.3, -0.25) is 0 Å². The molecule has 0 atom stereocenters. The number of nitrogens with zero attached hydrogens (tertiary/aromatic N) is 2. The van der Waals surface area contributed by atoms with Crippen LogP contribution in [0.25, 0.3) is 0 Å². The van der Waals surface area contributed by atoms with Gasteiger partial charge in [0.1, 0.15) is 0 Å². The number of aromatic nitrogens is 1. The van der Waals surface area contributed by atoms with Crippen LogP contribution in [0.4, 0.5) is 5.13 Å². The first kappa shape index (κ1) is 17.4. The van der Waals surface area contributed by atoms with Gasteiger partial charge in [-0.15, -0.1) is 11.3 Å². The van der Waals surface area contributed by atoms with Crippen LogP contribution < -0.4 is 10.2 Å². The Kier molecular flexibility index (Phi) is 5.61. The molecule has 0 aliphatic rings.